The average Bonchev–Trinajstić information content (AvgIpc) is 3.49. The molecule has 2 aromatic carbocycles. The van der Waals surface area contributed by atoms with Crippen LogP contribution in [0.4, 0.5) is 32.0 Å². The first-order chi connectivity index (χ1) is 14.1. The highest BCUT2D eigenvalue weighted by molar-refractivity contribution is 6.07. The number of halogens is 6. The Morgan fingerprint density at radius 1 is 1.03 bits per heavy atom. The van der Waals surface area contributed by atoms with Gasteiger partial charge in [-0.25, -0.2) is 26.3 Å². The van der Waals surface area contributed by atoms with Crippen molar-refractivity contribution in [2.75, 3.05) is 18.6 Å². The van der Waals surface area contributed by atoms with Crippen LogP contribution >= 0.6 is 0 Å². The van der Waals surface area contributed by atoms with Gasteiger partial charge in [0.15, 0.2) is 28.9 Å². The lowest BCUT2D eigenvalue weighted by Crippen LogP contribution is -2.49. The second-order valence-corrected chi connectivity index (χ2v) is 6.81. The molecule has 1 amide bonds. The van der Waals surface area contributed by atoms with Gasteiger partial charge in [-0.2, -0.15) is 0 Å². The molecular weight excluding hydrogens is 420 g/mol. The summed E-state index contributed by atoms with van der Waals surface area (Å²) in [6.07, 6.45) is 0.591. The van der Waals surface area contributed by atoms with Gasteiger partial charge in [0.25, 0.3) is 5.91 Å². The summed E-state index contributed by atoms with van der Waals surface area (Å²) in [5.41, 5.74) is -4.08. The lowest BCUT2D eigenvalue weighted by atomic mass is 10.00. The molecular formula is C19H11F6NO4. The first kappa shape index (κ1) is 20.0. The van der Waals surface area contributed by atoms with E-state index in [1.54, 1.807) is 0 Å². The lowest BCUT2D eigenvalue weighted by molar-refractivity contribution is -0.141. The maximum atomic E-state index is 14.7. The number of amides is 1. The lowest BCUT2D eigenvalue weighted by Gasteiger charge is -2.34. The van der Waals surface area contributed by atoms with Gasteiger partial charge < -0.3 is 9.47 Å². The Kier molecular flexibility index (Phi) is 4.44. The van der Waals surface area contributed by atoms with Gasteiger partial charge in [-0.05, 0) is 6.07 Å². The zero-order chi connectivity index (χ0) is 22.0. The van der Waals surface area contributed by atoms with Crippen LogP contribution in [0.3, 0.4) is 0 Å². The second-order valence-electron chi connectivity index (χ2n) is 6.81. The minimum absolute atomic E-state index is 0.221. The molecule has 0 bridgehead atoms. The van der Waals surface area contributed by atoms with E-state index in [0.29, 0.717) is 25.0 Å². The fourth-order valence-corrected chi connectivity index (χ4v) is 3.26. The number of carbonyl (C=O) groups excluding carboxylic acids is 2. The zero-order valence-electron chi connectivity index (χ0n) is 15.1. The summed E-state index contributed by atoms with van der Waals surface area (Å²) in [5, 5.41) is 0. The fraction of sp³-hybridized carbons (Fsp3) is 0.263. The predicted octanol–water partition coefficient (Wildman–Crippen LogP) is 3.62. The molecule has 0 atom stereocenters. The van der Waals surface area contributed by atoms with Gasteiger partial charge in [0.2, 0.25) is 5.82 Å². The highest BCUT2D eigenvalue weighted by Crippen LogP contribution is 2.50. The van der Waals surface area contributed by atoms with Gasteiger partial charge in [-0.15, -0.1) is 0 Å². The predicted molar refractivity (Wildman–Crippen MR) is 88.6 cm³/mol. The van der Waals surface area contributed by atoms with Crippen LogP contribution in [0.2, 0.25) is 0 Å². The van der Waals surface area contributed by atoms with E-state index in [4.69, 9.17) is 4.74 Å². The van der Waals surface area contributed by atoms with E-state index < -0.39 is 70.1 Å². The average molecular weight is 431 g/mol. The van der Waals surface area contributed by atoms with E-state index >= 15 is 0 Å². The van der Waals surface area contributed by atoms with Crippen LogP contribution in [0.25, 0.3) is 11.1 Å². The molecule has 11 heteroatoms. The van der Waals surface area contributed by atoms with Gasteiger partial charge in [0.1, 0.15) is 18.1 Å². The smallest absolute Gasteiger partial charge is 0.325 e. The molecule has 1 fully saturated rings. The summed E-state index contributed by atoms with van der Waals surface area (Å²) in [5.74, 6) is -14.5. The van der Waals surface area contributed by atoms with Gasteiger partial charge >= 0.3 is 5.97 Å². The fourth-order valence-electron chi connectivity index (χ4n) is 3.26. The number of hydrogen-bond acceptors (Lipinski definition) is 4. The summed E-state index contributed by atoms with van der Waals surface area (Å²) in [6, 6.07) is 1.36. The normalized spacial score (nSPS) is 16.4. The highest BCUT2D eigenvalue weighted by Gasteiger charge is 2.58. The first-order valence-electron chi connectivity index (χ1n) is 8.54. The van der Waals surface area contributed by atoms with Crippen molar-refractivity contribution in [2.24, 2.45) is 0 Å². The number of fused-ring (bicyclic) bond motifs is 1. The number of nitrogens with zero attached hydrogens (tertiary/aromatic N) is 1. The SMILES string of the molecule is COC(=O)CN1C(=O)C2(CC2)Oc2cc(F)c(-c3c(F)c(F)c(F)c(F)c3F)cc21. The van der Waals surface area contributed by atoms with E-state index in [9.17, 15) is 35.9 Å². The molecule has 1 spiro atoms. The van der Waals surface area contributed by atoms with Crippen LogP contribution in [0.1, 0.15) is 12.8 Å². The van der Waals surface area contributed by atoms with Crippen molar-refractivity contribution in [1.82, 2.24) is 0 Å². The van der Waals surface area contributed by atoms with Crippen molar-refractivity contribution in [3.63, 3.8) is 0 Å². The number of carbonyl (C=O) groups is 2. The standard InChI is InChI=1S/C19H11F6NO4/c1-29-11(27)6-26-9-4-7(12-13(21)15(23)17(25)16(24)14(12)22)8(20)5-10(9)30-19(2-3-19)18(26)28/h4-5H,2-3,6H2,1H3. The summed E-state index contributed by atoms with van der Waals surface area (Å²) in [6.45, 7) is -0.629. The Labute approximate surface area is 164 Å². The number of anilines is 1. The van der Waals surface area contributed by atoms with E-state index in [0.717, 1.165) is 12.0 Å². The number of ether oxygens (including phenoxy) is 2. The Morgan fingerprint density at radius 3 is 2.13 bits per heavy atom. The van der Waals surface area contributed by atoms with Crippen LogP contribution < -0.4 is 9.64 Å². The van der Waals surface area contributed by atoms with Gasteiger partial charge in [0, 0.05) is 24.5 Å². The van der Waals surface area contributed by atoms with Crippen LogP contribution in [-0.2, 0) is 14.3 Å². The molecule has 1 saturated carbocycles. The third-order valence-corrected chi connectivity index (χ3v) is 4.98. The molecule has 0 unspecified atom stereocenters. The van der Waals surface area contributed by atoms with E-state index in [1.165, 1.54) is 0 Å². The van der Waals surface area contributed by atoms with Crippen molar-refractivity contribution < 1.29 is 45.4 Å². The quantitative estimate of drug-likeness (QED) is 0.323. The van der Waals surface area contributed by atoms with Gasteiger partial charge in [0.05, 0.1) is 18.4 Å². The molecule has 4 rings (SSSR count). The number of benzene rings is 2. The number of rotatable bonds is 3. The molecule has 0 N–H and O–H groups in total. The largest absolute Gasteiger partial charge is 0.475 e. The molecule has 0 aromatic heterocycles. The molecule has 30 heavy (non-hydrogen) atoms. The second kappa shape index (κ2) is 6.64. The summed E-state index contributed by atoms with van der Waals surface area (Å²) in [7, 11) is 1.06. The number of methoxy groups -OCH3 is 1. The van der Waals surface area contributed by atoms with E-state index in [2.05, 4.69) is 4.74 Å². The van der Waals surface area contributed by atoms with Crippen molar-refractivity contribution >= 4 is 17.6 Å². The van der Waals surface area contributed by atoms with Crippen molar-refractivity contribution in [2.45, 2.75) is 18.4 Å². The number of esters is 1. The molecule has 2 aromatic rings. The van der Waals surface area contributed by atoms with Gasteiger partial charge in [-0.1, -0.05) is 0 Å². The highest BCUT2D eigenvalue weighted by atomic mass is 19.2. The molecule has 0 radical (unpaired) electrons. The molecule has 5 nitrogen and oxygen atoms in total. The van der Waals surface area contributed by atoms with Gasteiger partial charge in [-0.3, -0.25) is 14.5 Å². The molecule has 2 aliphatic rings. The third kappa shape index (κ3) is 2.79. The Morgan fingerprint density at radius 2 is 1.60 bits per heavy atom. The summed E-state index contributed by atoms with van der Waals surface area (Å²) in [4.78, 5) is 25.3. The molecule has 1 heterocycles. The maximum absolute atomic E-state index is 14.7. The first-order valence-corrected chi connectivity index (χ1v) is 8.54. The summed E-state index contributed by atoms with van der Waals surface area (Å²) < 4.78 is 93.6. The maximum Gasteiger partial charge on any atom is 0.325 e. The van der Waals surface area contributed by atoms with E-state index in [-0.39, 0.29) is 11.4 Å². The molecule has 158 valence electrons. The van der Waals surface area contributed by atoms with Crippen molar-refractivity contribution in [1.29, 1.82) is 0 Å². The Hall–Kier alpha value is -3.24. The summed E-state index contributed by atoms with van der Waals surface area (Å²) >= 11 is 0. The Balaban J connectivity index is 1.93. The van der Waals surface area contributed by atoms with Crippen LogP contribution in [0.15, 0.2) is 12.1 Å². The van der Waals surface area contributed by atoms with Crippen molar-refractivity contribution in [3.05, 3.63) is 47.0 Å². The van der Waals surface area contributed by atoms with Crippen LogP contribution in [-0.4, -0.2) is 31.1 Å². The molecule has 1 aliphatic carbocycles. The van der Waals surface area contributed by atoms with Crippen LogP contribution in [0.5, 0.6) is 5.75 Å². The minimum atomic E-state index is -2.39. The molecule has 0 saturated heterocycles. The van der Waals surface area contributed by atoms with Crippen LogP contribution in [0, 0.1) is 34.9 Å². The Bertz CT molecular complexity index is 1090. The minimum Gasteiger partial charge on any atom is -0.475 e. The zero-order valence-corrected chi connectivity index (χ0v) is 15.1. The third-order valence-electron chi connectivity index (χ3n) is 4.98. The topological polar surface area (TPSA) is 55.8 Å². The number of hydrogen-bond donors (Lipinski definition) is 0. The molecule has 1 aliphatic heterocycles. The van der Waals surface area contributed by atoms with E-state index in [1.807, 2.05) is 0 Å². The monoisotopic (exact) mass is 431 g/mol. The van der Waals surface area contributed by atoms with Crippen molar-refractivity contribution in [3.8, 4) is 16.9 Å².